The maximum atomic E-state index is 12.1. The molecule has 4 heteroatoms. The molecular weight excluding hydrogens is 262 g/mol. The van der Waals surface area contributed by atoms with Crippen molar-refractivity contribution < 1.29 is 4.79 Å². The first-order chi connectivity index (χ1) is 10.2. The van der Waals surface area contributed by atoms with Gasteiger partial charge in [-0.3, -0.25) is 4.79 Å². The number of rotatable bonds is 10. The summed E-state index contributed by atoms with van der Waals surface area (Å²) in [6.07, 6.45) is 8.86. The van der Waals surface area contributed by atoms with Crippen LogP contribution in [0.1, 0.15) is 65.2 Å². The zero-order valence-corrected chi connectivity index (χ0v) is 14.1. The third-order valence-corrected chi connectivity index (χ3v) is 5.00. The number of unbranched alkanes of at least 4 members (excludes halogenated alkanes) is 1. The number of carbonyl (C=O) groups excluding carboxylic acids is 1. The monoisotopic (exact) mass is 297 g/mol. The fraction of sp³-hybridized carbons (Fsp3) is 0.941. The van der Waals surface area contributed by atoms with Crippen LogP contribution < -0.4 is 11.1 Å². The summed E-state index contributed by atoms with van der Waals surface area (Å²) in [6, 6.07) is 0. The van der Waals surface area contributed by atoms with Gasteiger partial charge in [-0.2, -0.15) is 0 Å². The van der Waals surface area contributed by atoms with Gasteiger partial charge in [0.05, 0.1) is 0 Å². The van der Waals surface area contributed by atoms with Crippen molar-refractivity contribution in [2.45, 2.75) is 65.2 Å². The maximum absolute atomic E-state index is 12.1. The molecule has 1 rings (SSSR count). The zero-order valence-electron chi connectivity index (χ0n) is 14.1. The molecule has 0 aliphatic heterocycles. The first kappa shape index (κ1) is 18.4. The Morgan fingerprint density at radius 2 is 1.81 bits per heavy atom. The van der Waals surface area contributed by atoms with Crippen molar-refractivity contribution in [3.8, 4) is 0 Å². The van der Waals surface area contributed by atoms with E-state index >= 15 is 0 Å². The average molecular weight is 297 g/mol. The highest BCUT2D eigenvalue weighted by Gasteiger charge is 2.32. The van der Waals surface area contributed by atoms with Gasteiger partial charge < -0.3 is 16.0 Å². The molecule has 3 N–H and O–H groups in total. The van der Waals surface area contributed by atoms with Crippen LogP contribution >= 0.6 is 0 Å². The minimum atomic E-state index is 0.0869. The lowest BCUT2D eigenvalue weighted by Crippen LogP contribution is -2.38. The summed E-state index contributed by atoms with van der Waals surface area (Å²) in [5.74, 6) is 0.199. The van der Waals surface area contributed by atoms with E-state index in [9.17, 15) is 4.79 Å². The van der Waals surface area contributed by atoms with Crippen molar-refractivity contribution in [1.82, 2.24) is 10.2 Å². The fourth-order valence-corrected chi connectivity index (χ4v) is 3.39. The highest BCUT2D eigenvalue weighted by atomic mass is 16.1. The van der Waals surface area contributed by atoms with Gasteiger partial charge in [0.25, 0.3) is 0 Å². The molecule has 124 valence electrons. The van der Waals surface area contributed by atoms with Gasteiger partial charge in [0.2, 0.25) is 5.91 Å². The molecule has 0 bridgehead atoms. The summed E-state index contributed by atoms with van der Waals surface area (Å²) >= 11 is 0. The molecular formula is C17H35N3O. The van der Waals surface area contributed by atoms with Gasteiger partial charge in [-0.25, -0.2) is 0 Å². The summed E-state index contributed by atoms with van der Waals surface area (Å²) < 4.78 is 0. The molecule has 0 aromatic rings. The van der Waals surface area contributed by atoms with Crippen LogP contribution in [0.4, 0.5) is 0 Å². The number of nitrogens with one attached hydrogen (secondary N) is 1. The molecule has 4 nitrogen and oxygen atoms in total. The largest absolute Gasteiger partial charge is 0.356 e. The number of nitrogens with two attached hydrogens (primary N) is 1. The highest BCUT2D eigenvalue weighted by molar-refractivity contribution is 5.76. The van der Waals surface area contributed by atoms with Crippen molar-refractivity contribution in [3.05, 3.63) is 0 Å². The summed E-state index contributed by atoms with van der Waals surface area (Å²) in [4.78, 5) is 14.5. The third-order valence-electron chi connectivity index (χ3n) is 5.00. The molecule has 1 aliphatic rings. The molecule has 0 radical (unpaired) electrons. The van der Waals surface area contributed by atoms with Crippen molar-refractivity contribution in [3.63, 3.8) is 0 Å². The molecule has 1 aliphatic carbocycles. The predicted molar refractivity (Wildman–Crippen MR) is 89.2 cm³/mol. The Hall–Kier alpha value is -0.610. The van der Waals surface area contributed by atoms with Gasteiger partial charge in [-0.1, -0.05) is 33.1 Å². The van der Waals surface area contributed by atoms with E-state index in [-0.39, 0.29) is 11.3 Å². The summed E-state index contributed by atoms with van der Waals surface area (Å²) in [7, 11) is 0. The van der Waals surface area contributed by atoms with Crippen molar-refractivity contribution in [2.24, 2.45) is 11.1 Å². The molecule has 1 fully saturated rings. The van der Waals surface area contributed by atoms with Crippen LogP contribution in [0.25, 0.3) is 0 Å². The molecule has 0 aromatic carbocycles. The Balaban J connectivity index is 2.15. The smallest absolute Gasteiger partial charge is 0.220 e. The molecule has 1 saturated carbocycles. The fourth-order valence-electron chi connectivity index (χ4n) is 3.39. The van der Waals surface area contributed by atoms with Crippen molar-refractivity contribution in [1.29, 1.82) is 0 Å². The van der Waals surface area contributed by atoms with Crippen LogP contribution in [-0.4, -0.2) is 43.5 Å². The molecule has 21 heavy (non-hydrogen) atoms. The van der Waals surface area contributed by atoms with Gasteiger partial charge >= 0.3 is 0 Å². The predicted octanol–water partition coefficient (Wildman–Crippen LogP) is 2.52. The van der Waals surface area contributed by atoms with E-state index in [1.807, 2.05) is 0 Å². The highest BCUT2D eigenvalue weighted by Crippen LogP contribution is 2.38. The standard InChI is InChI=1S/C17H35N3O/c1-3-20(4-2)13-9-8-12-19-16(21)14-17(15-18)10-6-5-7-11-17/h3-15,18H2,1-2H3,(H,19,21). The van der Waals surface area contributed by atoms with Gasteiger partial charge in [0.1, 0.15) is 0 Å². The number of nitrogens with zero attached hydrogens (tertiary/aromatic N) is 1. The number of carbonyl (C=O) groups is 1. The lowest BCUT2D eigenvalue weighted by atomic mass is 9.71. The second-order valence-corrected chi connectivity index (χ2v) is 6.53. The lowest BCUT2D eigenvalue weighted by molar-refractivity contribution is -0.123. The van der Waals surface area contributed by atoms with E-state index in [1.165, 1.54) is 19.3 Å². The maximum Gasteiger partial charge on any atom is 0.220 e. The molecule has 1 amide bonds. The van der Waals surface area contributed by atoms with Crippen LogP contribution in [0, 0.1) is 5.41 Å². The van der Waals surface area contributed by atoms with E-state index in [1.54, 1.807) is 0 Å². The van der Waals surface area contributed by atoms with Gasteiger partial charge in [0.15, 0.2) is 0 Å². The number of hydrogen-bond acceptors (Lipinski definition) is 3. The van der Waals surface area contributed by atoms with E-state index in [4.69, 9.17) is 5.73 Å². The Morgan fingerprint density at radius 3 is 2.38 bits per heavy atom. The minimum absolute atomic E-state index is 0.0869. The molecule has 0 spiro atoms. The van der Waals surface area contributed by atoms with Crippen LogP contribution in [0.5, 0.6) is 0 Å². The third kappa shape index (κ3) is 6.79. The Kier molecular flexibility index (Phi) is 8.93. The summed E-state index contributed by atoms with van der Waals surface area (Å²) in [6.45, 7) is 9.21. The molecule has 0 heterocycles. The molecule has 0 unspecified atom stereocenters. The Labute approximate surface area is 130 Å². The molecule has 0 aromatic heterocycles. The van der Waals surface area contributed by atoms with Crippen molar-refractivity contribution >= 4 is 5.91 Å². The van der Waals surface area contributed by atoms with Gasteiger partial charge in [-0.15, -0.1) is 0 Å². The summed E-state index contributed by atoms with van der Waals surface area (Å²) in [5, 5.41) is 3.09. The Bertz CT molecular complexity index is 284. The first-order valence-electron chi connectivity index (χ1n) is 8.85. The first-order valence-corrected chi connectivity index (χ1v) is 8.85. The number of hydrogen-bond donors (Lipinski definition) is 2. The van der Waals surface area contributed by atoms with Crippen LogP contribution in [0.15, 0.2) is 0 Å². The van der Waals surface area contributed by atoms with Crippen LogP contribution in [0.2, 0.25) is 0 Å². The topological polar surface area (TPSA) is 58.4 Å². The van der Waals surface area contributed by atoms with Crippen LogP contribution in [0.3, 0.4) is 0 Å². The Morgan fingerprint density at radius 1 is 1.14 bits per heavy atom. The second-order valence-electron chi connectivity index (χ2n) is 6.53. The quantitative estimate of drug-likeness (QED) is 0.609. The van der Waals surface area contributed by atoms with Crippen molar-refractivity contribution in [2.75, 3.05) is 32.7 Å². The average Bonchev–Trinajstić information content (AvgIpc) is 2.51. The van der Waals surface area contributed by atoms with Gasteiger partial charge in [0, 0.05) is 13.0 Å². The van der Waals surface area contributed by atoms with Gasteiger partial charge in [-0.05, 0) is 57.3 Å². The normalized spacial score (nSPS) is 17.9. The zero-order chi connectivity index (χ0) is 15.6. The number of amides is 1. The SMILES string of the molecule is CCN(CC)CCCCNC(=O)CC1(CN)CCCCC1. The van der Waals surface area contributed by atoms with Crippen LogP contribution in [-0.2, 0) is 4.79 Å². The second kappa shape index (κ2) is 10.2. The molecule has 0 saturated heterocycles. The molecule has 0 atom stereocenters. The summed E-state index contributed by atoms with van der Waals surface area (Å²) in [5.41, 5.74) is 6.03. The van der Waals surface area contributed by atoms with E-state index in [0.29, 0.717) is 13.0 Å². The van der Waals surface area contributed by atoms with E-state index in [0.717, 1.165) is 51.9 Å². The lowest BCUT2D eigenvalue weighted by Gasteiger charge is -2.35. The van der Waals surface area contributed by atoms with E-state index in [2.05, 4.69) is 24.1 Å². The van der Waals surface area contributed by atoms with E-state index < -0.39 is 0 Å². The minimum Gasteiger partial charge on any atom is -0.356 e.